The van der Waals surface area contributed by atoms with Gasteiger partial charge in [0.15, 0.2) is 0 Å². The third kappa shape index (κ3) is 1.32. The van der Waals surface area contributed by atoms with Crippen LogP contribution >= 0.6 is 27.3 Å². The SMILES string of the molecule is Cn1nc(-c2cccs2)cc1Br. The maximum Gasteiger partial charge on any atom is 0.104 e. The van der Waals surface area contributed by atoms with Gasteiger partial charge in [0, 0.05) is 7.05 Å². The van der Waals surface area contributed by atoms with Gasteiger partial charge >= 0.3 is 0 Å². The quantitative estimate of drug-likeness (QED) is 0.752. The molecule has 2 aromatic rings. The molecule has 0 fully saturated rings. The van der Waals surface area contributed by atoms with Gasteiger partial charge in [-0.1, -0.05) is 6.07 Å². The van der Waals surface area contributed by atoms with Crippen molar-refractivity contribution in [2.75, 3.05) is 0 Å². The molecule has 0 spiro atoms. The van der Waals surface area contributed by atoms with Crippen molar-refractivity contribution in [2.24, 2.45) is 7.05 Å². The van der Waals surface area contributed by atoms with Gasteiger partial charge in [0.05, 0.1) is 4.88 Å². The molecule has 0 aliphatic carbocycles. The first kappa shape index (κ1) is 8.01. The molecular weight excluding hydrogens is 236 g/mol. The first-order chi connectivity index (χ1) is 5.77. The fourth-order valence-corrected chi connectivity index (χ4v) is 1.97. The van der Waals surface area contributed by atoms with Crippen LogP contribution in [0.5, 0.6) is 0 Å². The van der Waals surface area contributed by atoms with E-state index in [2.05, 4.69) is 32.5 Å². The van der Waals surface area contributed by atoms with Gasteiger partial charge in [0.2, 0.25) is 0 Å². The molecule has 62 valence electrons. The van der Waals surface area contributed by atoms with Crippen molar-refractivity contribution in [3.05, 3.63) is 28.2 Å². The zero-order valence-corrected chi connectivity index (χ0v) is 8.89. The Bertz CT molecular complexity index is 358. The van der Waals surface area contributed by atoms with Crippen molar-refractivity contribution in [1.29, 1.82) is 0 Å². The monoisotopic (exact) mass is 242 g/mol. The summed E-state index contributed by atoms with van der Waals surface area (Å²) in [5.74, 6) is 0. The lowest BCUT2D eigenvalue weighted by Gasteiger charge is -1.88. The second-order valence-electron chi connectivity index (χ2n) is 2.45. The van der Waals surface area contributed by atoms with Crippen molar-refractivity contribution in [3.63, 3.8) is 0 Å². The first-order valence-corrected chi connectivity index (χ1v) is 5.18. The number of nitrogens with zero attached hydrogens (tertiary/aromatic N) is 2. The summed E-state index contributed by atoms with van der Waals surface area (Å²) < 4.78 is 2.82. The molecule has 0 aromatic carbocycles. The van der Waals surface area contributed by atoms with Crippen molar-refractivity contribution in [2.45, 2.75) is 0 Å². The van der Waals surface area contributed by atoms with Crippen molar-refractivity contribution >= 4 is 27.3 Å². The van der Waals surface area contributed by atoms with Crippen molar-refractivity contribution in [1.82, 2.24) is 9.78 Å². The van der Waals surface area contributed by atoms with Gasteiger partial charge in [0.1, 0.15) is 10.3 Å². The van der Waals surface area contributed by atoms with Gasteiger partial charge in [-0.2, -0.15) is 5.10 Å². The molecule has 0 radical (unpaired) electrons. The van der Waals surface area contributed by atoms with Gasteiger partial charge in [-0.05, 0) is 33.4 Å². The lowest BCUT2D eigenvalue weighted by atomic mass is 10.3. The average molecular weight is 243 g/mol. The predicted octanol–water partition coefficient (Wildman–Crippen LogP) is 2.91. The Labute approximate surface area is 83.0 Å². The predicted molar refractivity (Wildman–Crippen MR) is 54.2 cm³/mol. The number of rotatable bonds is 1. The molecule has 2 aromatic heterocycles. The summed E-state index contributed by atoms with van der Waals surface area (Å²) in [6.07, 6.45) is 0. The third-order valence-electron chi connectivity index (χ3n) is 1.60. The topological polar surface area (TPSA) is 17.8 Å². The summed E-state index contributed by atoms with van der Waals surface area (Å²) >= 11 is 5.11. The number of aryl methyl sites for hydroxylation is 1. The van der Waals surface area contributed by atoms with E-state index in [-0.39, 0.29) is 0 Å². The number of hydrogen-bond donors (Lipinski definition) is 0. The standard InChI is InChI=1S/C8H7BrN2S/c1-11-8(9)5-6(10-11)7-3-2-4-12-7/h2-5H,1H3. The molecule has 0 N–H and O–H groups in total. The van der Waals surface area contributed by atoms with Crippen LogP contribution in [0.1, 0.15) is 0 Å². The molecule has 2 rings (SSSR count). The van der Waals surface area contributed by atoms with Gasteiger partial charge in [-0.15, -0.1) is 11.3 Å². The molecule has 2 nitrogen and oxygen atoms in total. The highest BCUT2D eigenvalue weighted by Crippen LogP contribution is 2.25. The highest BCUT2D eigenvalue weighted by atomic mass is 79.9. The van der Waals surface area contributed by atoms with Crippen LogP contribution in [0, 0.1) is 0 Å². The van der Waals surface area contributed by atoms with Gasteiger partial charge in [-0.25, -0.2) is 0 Å². The molecule has 0 bridgehead atoms. The van der Waals surface area contributed by atoms with E-state index in [0.29, 0.717) is 0 Å². The number of hydrogen-bond acceptors (Lipinski definition) is 2. The van der Waals surface area contributed by atoms with E-state index < -0.39 is 0 Å². The minimum Gasteiger partial charge on any atom is -0.261 e. The third-order valence-corrected chi connectivity index (χ3v) is 3.23. The van der Waals surface area contributed by atoms with E-state index in [1.165, 1.54) is 4.88 Å². The molecule has 12 heavy (non-hydrogen) atoms. The minimum atomic E-state index is 1.01. The van der Waals surface area contributed by atoms with E-state index in [1.807, 2.05) is 23.9 Å². The normalized spacial score (nSPS) is 10.5. The summed E-state index contributed by atoms with van der Waals surface area (Å²) in [6.45, 7) is 0. The van der Waals surface area contributed by atoms with Crippen LogP contribution < -0.4 is 0 Å². The highest BCUT2D eigenvalue weighted by molar-refractivity contribution is 9.10. The fraction of sp³-hybridized carbons (Fsp3) is 0.125. The lowest BCUT2D eigenvalue weighted by molar-refractivity contribution is 0.753. The van der Waals surface area contributed by atoms with Crippen molar-refractivity contribution < 1.29 is 0 Å². The van der Waals surface area contributed by atoms with E-state index in [9.17, 15) is 0 Å². The van der Waals surface area contributed by atoms with Gasteiger partial charge in [-0.3, -0.25) is 4.68 Å². The van der Waals surface area contributed by atoms with Crippen molar-refractivity contribution in [3.8, 4) is 10.6 Å². The maximum absolute atomic E-state index is 4.33. The molecule has 4 heteroatoms. The number of thiophene rings is 1. The van der Waals surface area contributed by atoms with Crippen LogP contribution in [-0.2, 0) is 7.05 Å². The lowest BCUT2D eigenvalue weighted by Crippen LogP contribution is -1.89. The second-order valence-corrected chi connectivity index (χ2v) is 4.21. The molecular formula is C8H7BrN2S. The zero-order valence-electron chi connectivity index (χ0n) is 6.49. The summed E-state index contributed by atoms with van der Waals surface area (Å²) in [5.41, 5.74) is 1.03. The van der Waals surface area contributed by atoms with Crippen LogP contribution in [0.2, 0.25) is 0 Å². The zero-order chi connectivity index (χ0) is 8.55. The first-order valence-electron chi connectivity index (χ1n) is 3.51. The summed E-state index contributed by atoms with van der Waals surface area (Å²) in [4.78, 5) is 1.20. The highest BCUT2D eigenvalue weighted by Gasteiger charge is 2.04. The van der Waals surface area contributed by atoms with E-state index in [1.54, 1.807) is 11.3 Å². The van der Waals surface area contributed by atoms with E-state index >= 15 is 0 Å². The van der Waals surface area contributed by atoms with Crippen LogP contribution in [0.4, 0.5) is 0 Å². The Hall–Kier alpha value is -0.610. The number of aromatic nitrogens is 2. The largest absolute Gasteiger partial charge is 0.261 e. The Kier molecular flexibility index (Phi) is 2.02. The summed E-state index contributed by atoms with van der Waals surface area (Å²) in [5, 5.41) is 6.39. The second kappa shape index (κ2) is 3.03. The molecule has 0 saturated heterocycles. The molecule has 0 aliphatic heterocycles. The Morgan fingerprint density at radius 1 is 1.58 bits per heavy atom. The summed E-state index contributed by atoms with van der Waals surface area (Å²) in [7, 11) is 1.92. The molecule has 0 unspecified atom stereocenters. The van der Waals surface area contributed by atoms with E-state index in [0.717, 1.165) is 10.3 Å². The van der Waals surface area contributed by atoms with Gasteiger partial charge in [0.25, 0.3) is 0 Å². The molecule has 0 aliphatic rings. The minimum absolute atomic E-state index is 1.01. The Morgan fingerprint density at radius 2 is 2.42 bits per heavy atom. The fourth-order valence-electron chi connectivity index (χ4n) is 0.989. The molecule has 0 atom stereocenters. The van der Waals surface area contributed by atoms with Gasteiger partial charge < -0.3 is 0 Å². The number of halogens is 1. The average Bonchev–Trinajstić information content (AvgIpc) is 2.61. The smallest absolute Gasteiger partial charge is 0.104 e. The van der Waals surface area contributed by atoms with Crippen LogP contribution in [-0.4, -0.2) is 9.78 Å². The Balaban J connectivity index is 2.48. The van der Waals surface area contributed by atoms with Crippen LogP contribution in [0.15, 0.2) is 28.2 Å². The Morgan fingerprint density at radius 3 is 2.92 bits per heavy atom. The van der Waals surface area contributed by atoms with Crippen LogP contribution in [0.3, 0.4) is 0 Å². The summed E-state index contributed by atoms with van der Waals surface area (Å²) in [6, 6.07) is 6.12. The molecule has 0 saturated carbocycles. The van der Waals surface area contributed by atoms with Crippen LogP contribution in [0.25, 0.3) is 10.6 Å². The maximum atomic E-state index is 4.33. The molecule has 0 amide bonds. The van der Waals surface area contributed by atoms with E-state index in [4.69, 9.17) is 0 Å². The molecule has 2 heterocycles.